The zero-order valence-electron chi connectivity index (χ0n) is 54.4. The molecule has 0 fully saturated rings. The predicted octanol–water partition coefficient (Wildman–Crippen LogP) is 24.3. The number of hydrogen-bond acceptors (Lipinski definition) is 6. The smallest absolute Gasteiger partial charge is 0.306 e. The third kappa shape index (κ3) is 68.5. The van der Waals surface area contributed by atoms with Gasteiger partial charge in [-0.3, -0.25) is 14.4 Å². The number of allylic oxidation sites excluding steroid dienone is 20. The summed E-state index contributed by atoms with van der Waals surface area (Å²) < 4.78 is 16.9. The molecule has 83 heavy (non-hydrogen) atoms. The molecule has 0 aromatic heterocycles. The number of rotatable bonds is 63. The van der Waals surface area contributed by atoms with Crippen molar-refractivity contribution < 1.29 is 28.6 Å². The van der Waals surface area contributed by atoms with Crippen molar-refractivity contribution in [2.45, 2.75) is 335 Å². The molecule has 1 unspecified atom stereocenters. The van der Waals surface area contributed by atoms with Crippen LogP contribution in [0, 0.1) is 0 Å². The monoisotopic (exact) mass is 1150 g/mol. The zero-order valence-corrected chi connectivity index (χ0v) is 54.4. The number of esters is 3. The van der Waals surface area contributed by atoms with Crippen LogP contribution in [0.25, 0.3) is 0 Å². The van der Waals surface area contributed by atoms with E-state index in [-0.39, 0.29) is 31.1 Å². The van der Waals surface area contributed by atoms with Crippen molar-refractivity contribution in [1.29, 1.82) is 0 Å². The first-order valence-electron chi connectivity index (χ1n) is 35.0. The molecule has 1 atom stereocenters. The first kappa shape index (κ1) is 78.8. The summed E-state index contributed by atoms with van der Waals surface area (Å²) in [5.41, 5.74) is 0. The maximum Gasteiger partial charge on any atom is 0.306 e. The molecular weight excluding hydrogens is 1020 g/mol. The number of ether oxygens (including phenoxy) is 3. The fourth-order valence-electron chi connectivity index (χ4n) is 9.73. The average molecular weight is 1150 g/mol. The summed E-state index contributed by atoms with van der Waals surface area (Å²) >= 11 is 0. The van der Waals surface area contributed by atoms with E-state index in [4.69, 9.17) is 14.2 Å². The third-order valence-electron chi connectivity index (χ3n) is 15.0. The van der Waals surface area contributed by atoms with Crippen LogP contribution in [0.3, 0.4) is 0 Å². The van der Waals surface area contributed by atoms with Crippen molar-refractivity contribution in [3.05, 3.63) is 122 Å². The highest BCUT2D eigenvalue weighted by atomic mass is 16.6. The van der Waals surface area contributed by atoms with Gasteiger partial charge in [-0.15, -0.1) is 0 Å². The summed E-state index contributed by atoms with van der Waals surface area (Å²) in [6.45, 7) is 6.51. The van der Waals surface area contributed by atoms with Gasteiger partial charge in [-0.2, -0.15) is 0 Å². The minimum atomic E-state index is -0.782. The van der Waals surface area contributed by atoms with Crippen molar-refractivity contribution in [3.8, 4) is 0 Å². The Balaban J connectivity index is 4.17. The van der Waals surface area contributed by atoms with Crippen molar-refractivity contribution in [3.63, 3.8) is 0 Å². The summed E-state index contributed by atoms with van der Waals surface area (Å²) in [5.74, 6) is -0.881. The summed E-state index contributed by atoms with van der Waals surface area (Å²) in [6.07, 6.45) is 98.0. The van der Waals surface area contributed by atoms with Gasteiger partial charge in [0.2, 0.25) is 0 Å². The van der Waals surface area contributed by atoms with Crippen LogP contribution in [0.2, 0.25) is 0 Å². The van der Waals surface area contributed by atoms with E-state index >= 15 is 0 Å². The van der Waals surface area contributed by atoms with Crippen molar-refractivity contribution in [1.82, 2.24) is 0 Å². The molecular formula is C77H130O6. The minimum absolute atomic E-state index is 0.0790. The molecule has 0 radical (unpaired) electrons. The summed E-state index contributed by atoms with van der Waals surface area (Å²) in [4.78, 5) is 38.3. The van der Waals surface area contributed by atoms with Gasteiger partial charge >= 0.3 is 17.9 Å². The van der Waals surface area contributed by atoms with E-state index in [9.17, 15) is 14.4 Å². The Morgan fingerprint density at radius 2 is 0.470 bits per heavy atom. The lowest BCUT2D eigenvalue weighted by Gasteiger charge is -2.18. The second kappa shape index (κ2) is 70.3. The van der Waals surface area contributed by atoms with Crippen molar-refractivity contribution in [2.75, 3.05) is 13.2 Å². The molecule has 0 spiro atoms. The van der Waals surface area contributed by atoms with Crippen LogP contribution in [0.1, 0.15) is 329 Å². The van der Waals surface area contributed by atoms with E-state index in [1.54, 1.807) is 0 Å². The van der Waals surface area contributed by atoms with E-state index in [1.165, 1.54) is 173 Å². The molecule has 0 aliphatic rings. The van der Waals surface area contributed by atoms with E-state index in [0.29, 0.717) is 19.3 Å². The van der Waals surface area contributed by atoms with Crippen LogP contribution in [-0.2, 0) is 28.6 Å². The molecule has 6 nitrogen and oxygen atoms in total. The summed E-state index contributed by atoms with van der Waals surface area (Å²) in [7, 11) is 0. The van der Waals surface area contributed by atoms with Crippen molar-refractivity contribution >= 4 is 17.9 Å². The Hall–Kier alpha value is -4.19. The molecule has 0 aromatic rings. The van der Waals surface area contributed by atoms with Gasteiger partial charge in [0.25, 0.3) is 0 Å². The molecule has 6 heteroatoms. The number of carbonyl (C=O) groups is 3. The van der Waals surface area contributed by atoms with Crippen LogP contribution in [0.5, 0.6) is 0 Å². The lowest BCUT2D eigenvalue weighted by Crippen LogP contribution is -2.30. The van der Waals surface area contributed by atoms with Crippen LogP contribution in [-0.4, -0.2) is 37.2 Å². The van der Waals surface area contributed by atoms with E-state index in [1.807, 2.05) is 0 Å². The molecule has 0 saturated heterocycles. The summed E-state index contributed by atoms with van der Waals surface area (Å²) in [5, 5.41) is 0. The van der Waals surface area contributed by atoms with E-state index < -0.39 is 6.10 Å². The quantitative estimate of drug-likeness (QED) is 0.0261. The fraction of sp³-hybridized carbons (Fsp3) is 0.701. The maximum atomic E-state index is 12.9. The van der Waals surface area contributed by atoms with Gasteiger partial charge < -0.3 is 14.2 Å². The molecule has 0 aliphatic heterocycles. The highest BCUT2D eigenvalue weighted by Crippen LogP contribution is 2.16. The Labute approximate surface area is 513 Å². The first-order chi connectivity index (χ1) is 41.0. The van der Waals surface area contributed by atoms with E-state index in [2.05, 4.69) is 142 Å². The van der Waals surface area contributed by atoms with Gasteiger partial charge in [0, 0.05) is 19.3 Å². The van der Waals surface area contributed by atoms with Gasteiger partial charge in [-0.1, -0.05) is 316 Å². The normalized spacial score (nSPS) is 12.9. The predicted molar refractivity (Wildman–Crippen MR) is 362 cm³/mol. The molecule has 0 saturated carbocycles. The van der Waals surface area contributed by atoms with Crippen LogP contribution >= 0.6 is 0 Å². The Bertz CT molecular complexity index is 1700. The molecule has 0 N–H and O–H groups in total. The highest BCUT2D eigenvalue weighted by molar-refractivity contribution is 5.71. The van der Waals surface area contributed by atoms with Crippen molar-refractivity contribution in [2.24, 2.45) is 0 Å². The molecule has 0 aromatic carbocycles. The van der Waals surface area contributed by atoms with Crippen LogP contribution in [0.4, 0.5) is 0 Å². The SMILES string of the molecule is CC/C=C\C/C=C\C/C=C\C/C=C\C/C=C\C/C=C\C/C=C\C/C=C\CCCCCCCCCCCCC(=O)OCC(COC(=O)CCCCCCCCCCC)OC(=O)CCCCCCCCCCC/C=C\C/C=C\CCCCCCC. The van der Waals surface area contributed by atoms with Gasteiger partial charge in [-0.25, -0.2) is 0 Å². The molecule has 0 bridgehead atoms. The van der Waals surface area contributed by atoms with Gasteiger partial charge in [0.1, 0.15) is 13.2 Å². The van der Waals surface area contributed by atoms with Crippen LogP contribution in [0.15, 0.2) is 122 Å². The van der Waals surface area contributed by atoms with Gasteiger partial charge in [0.05, 0.1) is 0 Å². The number of hydrogen-bond donors (Lipinski definition) is 0. The summed E-state index contributed by atoms with van der Waals surface area (Å²) in [6, 6.07) is 0. The van der Waals surface area contributed by atoms with Gasteiger partial charge in [-0.05, 0) is 116 Å². The Morgan fingerprint density at radius 3 is 0.735 bits per heavy atom. The Morgan fingerprint density at radius 1 is 0.253 bits per heavy atom. The third-order valence-corrected chi connectivity index (χ3v) is 15.0. The highest BCUT2D eigenvalue weighted by Gasteiger charge is 2.19. The second-order valence-electron chi connectivity index (χ2n) is 23.1. The standard InChI is InChI=1S/C77H130O6/c1-4-7-10-13-16-19-21-23-25-27-29-31-32-33-34-35-36-37-38-39-40-41-42-43-44-46-47-49-51-53-55-58-61-64-67-70-76(79)82-73-74(72-81-75(78)69-66-63-60-57-18-15-12-9-6-3)83-77(80)71-68-65-62-59-56-54-52-50-48-45-30-28-26-24-22-20-17-14-11-8-5-2/h7,10,16,19,22-25,28-31,33-34,36-37,39-40,42-43,74H,4-6,8-9,11-15,17-18,20-21,26-27,32,35,38,41,44-73H2,1-3H3/b10-7-,19-16-,24-22-,25-23-,30-28-,31-29-,34-33-,37-36-,40-39-,43-42-. The van der Waals surface area contributed by atoms with Crippen LogP contribution < -0.4 is 0 Å². The molecule has 0 aliphatic carbocycles. The minimum Gasteiger partial charge on any atom is -0.462 e. The largest absolute Gasteiger partial charge is 0.462 e. The topological polar surface area (TPSA) is 78.9 Å². The molecule has 474 valence electrons. The maximum absolute atomic E-state index is 12.9. The zero-order chi connectivity index (χ0) is 59.9. The number of unbranched alkanes of at least 4 members (excludes halogenated alkanes) is 32. The van der Waals surface area contributed by atoms with E-state index in [0.717, 1.165) is 116 Å². The number of carbonyl (C=O) groups excluding carboxylic acids is 3. The Kier molecular flexibility index (Phi) is 66.7. The average Bonchev–Trinajstić information content (AvgIpc) is 3.49. The molecule has 0 heterocycles. The lowest BCUT2D eigenvalue weighted by molar-refractivity contribution is -0.167. The molecule has 0 amide bonds. The lowest BCUT2D eigenvalue weighted by atomic mass is 10.1. The van der Waals surface area contributed by atoms with Gasteiger partial charge in [0.15, 0.2) is 6.10 Å². The first-order valence-corrected chi connectivity index (χ1v) is 35.0. The fourth-order valence-corrected chi connectivity index (χ4v) is 9.73. The molecule has 0 rings (SSSR count). The second-order valence-corrected chi connectivity index (χ2v) is 23.1.